The van der Waals surface area contributed by atoms with E-state index < -0.39 is 0 Å². The van der Waals surface area contributed by atoms with Gasteiger partial charge in [0.2, 0.25) is 0 Å². The molecule has 0 atom stereocenters. The van der Waals surface area contributed by atoms with E-state index in [-0.39, 0.29) is 17.8 Å². The van der Waals surface area contributed by atoms with Gasteiger partial charge >= 0.3 is 5.97 Å². The molecule has 0 saturated heterocycles. The molecule has 2 aromatic rings. The first-order valence-electron chi connectivity index (χ1n) is 12.9. The van der Waals surface area contributed by atoms with Gasteiger partial charge in [-0.25, -0.2) is 0 Å². The summed E-state index contributed by atoms with van der Waals surface area (Å²) < 4.78 is 11.1. The summed E-state index contributed by atoms with van der Waals surface area (Å²) in [5.41, 5.74) is 4.93. The maximum Gasteiger partial charge on any atom is 0.311 e. The molecule has 0 aliphatic carbocycles. The average molecular weight is 463 g/mol. The molecule has 1 aliphatic heterocycles. The van der Waals surface area contributed by atoms with Crippen molar-refractivity contribution in [2.45, 2.75) is 90.9 Å². The molecular weight excluding hydrogens is 424 g/mol. The molecule has 0 radical (unpaired) electrons. The molecule has 0 fully saturated rings. The van der Waals surface area contributed by atoms with Crippen LogP contribution in [0.4, 0.5) is 0 Å². The summed E-state index contributed by atoms with van der Waals surface area (Å²) in [6, 6.07) is 8.11. The molecule has 5 heteroatoms. The Morgan fingerprint density at radius 2 is 1.88 bits per heavy atom. The minimum absolute atomic E-state index is 0.122. The van der Waals surface area contributed by atoms with Crippen LogP contribution in [0.25, 0.3) is 0 Å². The molecule has 0 amide bonds. The van der Waals surface area contributed by atoms with Crippen LogP contribution in [0.15, 0.2) is 24.3 Å². The van der Waals surface area contributed by atoms with Crippen molar-refractivity contribution in [2.75, 3.05) is 13.2 Å². The number of unbranched alkanes of at least 4 members (excludes halogenated alkanes) is 3. The minimum Gasteiger partial charge on any atom is -0.493 e. The Balaban J connectivity index is 1.90. The second kappa shape index (κ2) is 12.6. The second-order valence-electron chi connectivity index (χ2n) is 9.04. The van der Waals surface area contributed by atoms with E-state index in [0.717, 1.165) is 50.0 Å². The highest BCUT2D eigenvalue weighted by molar-refractivity contribution is 5.71. The van der Waals surface area contributed by atoms with E-state index in [0.29, 0.717) is 18.0 Å². The first-order valence-corrected chi connectivity index (χ1v) is 12.9. The average Bonchev–Trinajstić information content (AvgIpc) is 2.86. The van der Waals surface area contributed by atoms with E-state index in [1.54, 1.807) is 13.0 Å². The molecule has 5 nitrogen and oxygen atoms in total. The van der Waals surface area contributed by atoms with Crippen molar-refractivity contribution >= 4 is 5.97 Å². The van der Waals surface area contributed by atoms with Crippen LogP contribution in [0.2, 0.25) is 0 Å². The Hall–Kier alpha value is -2.87. The van der Waals surface area contributed by atoms with Gasteiger partial charge in [0, 0.05) is 16.5 Å². The highest BCUT2D eigenvalue weighted by atomic mass is 16.5. The molecule has 2 heterocycles. The summed E-state index contributed by atoms with van der Waals surface area (Å²) in [4.78, 5) is 11.7. The van der Waals surface area contributed by atoms with Gasteiger partial charge in [0.25, 0.3) is 0 Å². The largest absolute Gasteiger partial charge is 0.493 e. The number of esters is 1. The molecule has 1 aromatic carbocycles. The van der Waals surface area contributed by atoms with E-state index in [4.69, 9.17) is 9.47 Å². The smallest absolute Gasteiger partial charge is 0.311 e. The van der Waals surface area contributed by atoms with Crippen molar-refractivity contribution in [3.63, 3.8) is 0 Å². The third kappa shape index (κ3) is 6.38. The van der Waals surface area contributed by atoms with Gasteiger partial charge in [-0.05, 0) is 74.8 Å². The lowest BCUT2D eigenvalue weighted by Gasteiger charge is -2.38. The number of hydrogen-bond donors (Lipinski definition) is 0. The topological polar surface area (TPSA) is 61.3 Å². The maximum absolute atomic E-state index is 11.7. The molecule has 0 bridgehead atoms. The molecule has 3 rings (SSSR count). The maximum atomic E-state index is 11.7. The summed E-state index contributed by atoms with van der Waals surface area (Å²) in [6.45, 7) is 9.71. The van der Waals surface area contributed by atoms with Crippen LogP contribution in [0.1, 0.15) is 101 Å². The molecule has 0 unspecified atom stereocenters. The lowest BCUT2D eigenvalue weighted by atomic mass is 9.71. The van der Waals surface area contributed by atoms with Crippen LogP contribution in [0.3, 0.4) is 0 Å². The van der Waals surface area contributed by atoms with Crippen LogP contribution in [-0.4, -0.2) is 29.4 Å². The number of fused-ring (bicyclic) bond motifs is 1. The number of hydrogen-bond acceptors (Lipinski definition) is 5. The fourth-order valence-corrected chi connectivity index (χ4v) is 4.71. The van der Waals surface area contributed by atoms with Gasteiger partial charge in [-0.2, -0.15) is 5.10 Å². The van der Waals surface area contributed by atoms with Crippen LogP contribution < -0.4 is 4.74 Å². The Morgan fingerprint density at radius 1 is 1.06 bits per heavy atom. The fraction of sp³-hybridized carbons (Fsp3) is 0.552. The van der Waals surface area contributed by atoms with Crippen molar-refractivity contribution in [3.05, 3.63) is 52.3 Å². The van der Waals surface area contributed by atoms with E-state index in [2.05, 4.69) is 54.9 Å². The summed E-state index contributed by atoms with van der Waals surface area (Å²) in [6.07, 6.45) is 9.20. The quantitative estimate of drug-likeness (QED) is 0.248. The summed E-state index contributed by atoms with van der Waals surface area (Å²) in [5.74, 6) is 7.33. The zero-order valence-corrected chi connectivity index (χ0v) is 21.2. The van der Waals surface area contributed by atoms with Gasteiger partial charge in [-0.1, -0.05) is 46.0 Å². The van der Waals surface area contributed by atoms with Crippen molar-refractivity contribution in [3.8, 4) is 17.6 Å². The number of ether oxygens (including phenoxy) is 2. The molecular formula is C29H38N2O3. The number of carbonyl (C=O) groups excluding carboxylic acids is 1. The molecule has 182 valence electrons. The van der Waals surface area contributed by atoms with Crippen LogP contribution in [0.5, 0.6) is 5.75 Å². The van der Waals surface area contributed by atoms with Crippen molar-refractivity contribution < 1.29 is 14.3 Å². The normalized spacial score (nSPS) is 13.9. The number of benzene rings is 1. The van der Waals surface area contributed by atoms with E-state index >= 15 is 0 Å². The highest BCUT2D eigenvalue weighted by Gasteiger charge is 2.35. The molecule has 1 aromatic heterocycles. The molecule has 34 heavy (non-hydrogen) atoms. The predicted molar refractivity (Wildman–Crippen MR) is 135 cm³/mol. The van der Waals surface area contributed by atoms with E-state index in [1.165, 1.54) is 30.4 Å². The minimum atomic E-state index is -0.296. The Kier molecular flexibility index (Phi) is 9.51. The first-order chi connectivity index (χ1) is 16.5. The number of carbonyl (C=O) groups is 1. The van der Waals surface area contributed by atoms with E-state index in [9.17, 15) is 4.79 Å². The Labute approximate surface area is 204 Å². The van der Waals surface area contributed by atoms with Crippen molar-refractivity contribution in [1.82, 2.24) is 10.2 Å². The molecule has 0 N–H and O–H groups in total. The number of nitrogens with zero attached hydrogens (tertiary/aromatic N) is 2. The summed E-state index contributed by atoms with van der Waals surface area (Å²) in [7, 11) is 0. The highest BCUT2D eigenvalue weighted by Crippen LogP contribution is 2.44. The summed E-state index contributed by atoms with van der Waals surface area (Å²) >= 11 is 0. The monoisotopic (exact) mass is 462 g/mol. The third-order valence-electron chi connectivity index (χ3n) is 6.94. The SMILES string of the molecule is CCCCCCc1cc2c(cc1C#Cc1ccc(CC(=O)OCC)nn1)C(CC)(CC)CCO2. The van der Waals surface area contributed by atoms with Crippen LogP contribution in [-0.2, 0) is 27.8 Å². The standard InChI is InChI=1S/C29H38N2O3/c1-5-9-10-11-12-22-20-27-26(29(6-2,7-3)17-18-34-27)19-23(22)13-14-24-15-16-25(31-30-24)21-28(32)33-8-4/h15-16,19-20H,5-12,17-18,21H2,1-4H3. The summed E-state index contributed by atoms with van der Waals surface area (Å²) in [5, 5.41) is 8.37. The zero-order valence-electron chi connectivity index (χ0n) is 21.2. The van der Waals surface area contributed by atoms with Crippen molar-refractivity contribution in [2.24, 2.45) is 0 Å². The predicted octanol–water partition coefficient (Wildman–Crippen LogP) is 5.95. The molecule has 1 aliphatic rings. The van der Waals surface area contributed by atoms with Gasteiger partial charge < -0.3 is 9.47 Å². The number of aryl methyl sites for hydroxylation is 1. The zero-order chi connectivity index (χ0) is 24.4. The van der Waals surface area contributed by atoms with Gasteiger partial charge in [0.1, 0.15) is 11.4 Å². The Morgan fingerprint density at radius 3 is 2.56 bits per heavy atom. The van der Waals surface area contributed by atoms with Crippen LogP contribution in [0, 0.1) is 11.8 Å². The molecule has 0 saturated carbocycles. The fourth-order valence-electron chi connectivity index (χ4n) is 4.71. The first kappa shape index (κ1) is 25.7. The lowest BCUT2D eigenvalue weighted by Crippen LogP contribution is -2.32. The Bertz CT molecular complexity index is 1010. The number of rotatable bonds is 10. The molecule has 0 spiro atoms. The van der Waals surface area contributed by atoms with Gasteiger partial charge in [0.15, 0.2) is 0 Å². The number of aromatic nitrogens is 2. The van der Waals surface area contributed by atoms with Gasteiger partial charge in [-0.3, -0.25) is 4.79 Å². The third-order valence-corrected chi connectivity index (χ3v) is 6.94. The lowest BCUT2D eigenvalue weighted by molar-refractivity contribution is -0.142. The van der Waals surface area contributed by atoms with E-state index in [1.807, 2.05) is 6.07 Å². The van der Waals surface area contributed by atoms with Crippen molar-refractivity contribution in [1.29, 1.82) is 0 Å². The van der Waals surface area contributed by atoms with Gasteiger partial charge in [-0.15, -0.1) is 5.10 Å². The van der Waals surface area contributed by atoms with Crippen LogP contribution >= 0.6 is 0 Å². The second-order valence-corrected chi connectivity index (χ2v) is 9.04. The van der Waals surface area contributed by atoms with Gasteiger partial charge in [0.05, 0.1) is 25.3 Å².